The molecule has 1 aliphatic heterocycles. The largest absolute Gasteiger partial charge is 0.352 e. The first-order valence-corrected chi connectivity index (χ1v) is 7.40. The molecule has 0 saturated carbocycles. The molecule has 5 nitrogen and oxygen atoms in total. The van der Waals surface area contributed by atoms with Crippen molar-refractivity contribution >= 4 is 18.3 Å². The number of aryl methyl sites for hydroxylation is 1. The molecule has 0 aliphatic carbocycles. The Morgan fingerprint density at radius 3 is 2.90 bits per heavy atom. The summed E-state index contributed by atoms with van der Waals surface area (Å²) in [4.78, 5) is 20.8. The molecule has 1 aliphatic rings. The van der Waals surface area contributed by atoms with Crippen LogP contribution in [0, 0.1) is 12.8 Å². The molecule has 1 amide bonds. The summed E-state index contributed by atoms with van der Waals surface area (Å²) in [7, 11) is 0. The minimum absolute atomic E-state index is 0. The number of carbonyl (C=O) groups is 1. The van der Waals surface area contributed by atoms with Crippen LogP contribution in [-0.2, 0) is 0 Å². The van der Waals surface area contributed by atoms with Crippen molar-refractivity contribution in [1.29, 1.82) is 0 Å². The van der Waals surface area contributed by atoms with Gasteiger partial charge in [-0.25, -0.2) is 9.97 Å². The van der Waals surface area contributed by atoms with E-state index in [9.17, 15) is 4.79 Å². The Morgan fingerprint density at radius 1 is 1.52 bits per heavy atom. The highest BCUT2D eigenvalue weighted by atomic mass is 35.5. The number of carbonyl (C=O) groups excluding carboxylic acids is 1. The van der Waals surface area contributed by atoms with Crippen LogP contribution in [0.4, 0.5) is 0 Å². The zero-order valence-electron chi connectivity index (χ0n) is 13.0. The topological polar surface area (TPSA) is 66.9 Å². The van der Waals surface area contributed by atoms with Crippen molar-refractivity contribution in [3.8, 4) is 0 Å². The van der Waals surface area contributed by atoms with E-state index >= 15 is 0 Å². The molecular weight excluding hydrogens is 288 g/mol. The molecule has 1 saturated heterocycles. The van der Waals surface area contributed by atoms with Gasteiger partial charge < -0.3 is 10.6 Å². The Morgan fingerprint density at radius 2 is 2.29 bits per heavy atom. The molecule has 0 spiro atoms. The second kappa shape index (κ2) is 8.29. The van der Waals surface area contributed by atoms with E-state index < -0.39 is 0 Å². The van der Waals surface area contributed by atoms with Gasteiger partial charge in [0.2, 0.25) is 0 Å². The van der Waals surface area contributed by atoms with Gasteiger partial charge in [0.25, 0.3) is 5.91 Å². The minimum atomic E-state index is -0.0559. The van der Waals surface area contributed by atoms with E-state index in [4.69, 9.17) is 0 Å². The molecule has 1 aromatic rings. The lowest BCUT2D eigenvalue weighted by atomic mass is 10.0. The summed E-state index contributed by atoms with van der Waals surface area (Å²) in [5.41, 5.74) is 1.44. The summed E-state index contributed by atoms with van der Waals surface area (Å²) in [5.74, 6) is 1.56. The van der Waals surface area contributed by atoms with Gasteiger partial charge in [0.1, 0.15) is 5.82 Å². The van der Waals surface area contributed by atoms with Crippen molar-refractivity contribution < 1.29 is 4.79 Å². The van der Waals surface area contributed by atoms with Crippen molar-refractivity contribution in [3.05, 3.63) is 23.3 Å². The third-order valence-electron chi connectivity index (χ3n) is 3.73. The quantitative estimate of drug-likeness (QED) is 0.873. The van der Waals surface area contributed by atoms with E-state index in [-0.39, 0.29) is 24.2 Å². The number of aromatic nitrogens is 2. The summed E-state index contributed by atoms with van der Waals surface area (Å²) in [6.45, 7) is 8.82. The monoisotopic (exact) mass is 312 g/mol. The Kier molecular flexibility index (Phi) is 7.05. The second-order valence-electron chi connectivity index (χ2n) is 5.77. The maximum atomic E-state index is 12.2. The van der Waals surface area contributed by atoms with Crippen LogP contribution < -0.4 is 10.6 Å². The van der Waals surface area contributed by atoms with Gasteiger partial charge in [-0.2, -0.15) is 0 Å². The second-order valence-corrected chi connectivity index (χ2v) is 5.77. The van der Waals surface area contributed by atoms with Crippen molar-refractivity contribution in [2.24, 2.45) is 5.92 Å². The van der Waals surface area contributed by atoms with Crippen LogP contribution in [0.3, 0.4) is 0 Å². The molecule has 118 valence electrons. The summed E-state index contributed by atoms with van der Waals surface area (Å²) < 4.78 is 0. The molecule has 0 bridgehead atoms. The first-order valence-electron chi connectivity index (χ1n) is 7.40. The average Bonchev–Trinajstić information content (AvgIpc) is 2.91. The molecule has 6 heteroatoms. The standard InChI is InChI=1S/C15H24N4O.ClH/c1-10(2)14-13(9-18-11(3)19-14)15(20)17-7-5-12-4-6-16-8-12;/h9-10,12,16H,4-8H2,1-3H3,(H,17,20);1H. The number of hydrogen-bond donors (Lipinski definition) is 2. The third-order valence-corrected chi connectivity index (χ3v) is 3.73. The maximum Gasteiger partial charge on any atom is 0.254 e. The number of halogens is 1. The Hall–Kier alpha value is -1.20. The van der Waals surface area contributed by atoms with E-state index in [1.54, 1.807) is 6.20 Å². The third kappa shape index (κ3) is 4.93. The summed E-state index contributed by atoms with van der Waals surface area (Å²) in [5, 5.41) is 6.33. The molecule has 21 heavy (non-hydrogen) atoms. The van der Waals surface area contributed by atoms with Crippen molar-refractivity contribution in [1.82, 2.24) is 20.6 Å². The van der Waals surface area contributed by atoms with Crippen LogP contribution >= 0.6 is 12.4 Å². The molecule has 0 aromatic carbocycles. The van der Waals surface area contributed by atoms with Gasteiger partial charge in [-0.1, -0.05) is 13.8 Å². The summed E-state index contributed by atoms with van der Waals surface area (Å²) >= 11 is 0. The van der Waals surface area contributed by atoms with Gasteiger partial charge in [-0.3, -0.25) is 4.79 Å². The predicted octanol–water partition coefficient (Wildman–Crippen LogP) is 2.06. The van der Waals surface area contributed by atoms with Crippen LogP contribution in [0.2, 0.25) is 0 Å². The van der Waals surface area contributed by atoms with Crippen molar-refractivity contribution in [3.63, 3.8) is 0 Å². The highest BCUT2D eigenvalue weighted by Crippen LogP contribution is 2.17. The lowest BCUT2D eigenvalue weighted by Gasteiger charge is -2.13. The van der Waals surface area contributed by atoms with Gasteiger partial charge >= 0.3 is 0 Å². The van der Waals surface area contributed by atoms with Crippen molar-refractivity contribution in [2.45, 2.75) is 39.5 Å². The molecule has 1 fully saturated rings. The van der Waals surface area contributed by atoms with Gasteiger partial charge in [0.05, 0.1) is 11.3 Å². The highest BCUT2D eigenvalue weighted by molar-refractivity contribution is 5.95. The summed E-state index contributed by atoms with van der Waals surface area (Å²) in [6, 6.07) is 0. The first kappa shape index (κ1) is 17.9. The number of nitrogens with one attached hydrogen (secondary N) is 2. The zero-order chi connectivity index (χ0) is 14.5. The van der Waals surface area contributed by atoms with E-state index in [0.29, 0.717) is 17.3 Å². The van der Waals surface area contributed by atoms with Gasteiger partial charge in [0.15, 0.2) is 0 Å². The van der Waals surface area contributed by atoms with Crippen LogP contribution in [0.1, 0.15) is 54.5 Å². The van der Waals surface area contributed by atoms with E-state index in [1.165, 1.54) is 6.42 Å². The number of nitrogens with zero attached hydrogens (tertiary/aromatic N) is 2. The minimum Gasteiger partial charge on any atom is -0.352 e. The lowest BCUT2D eigenvalue weighted by Crippen LogP contribution is -2.28. The molecular formula is C15H25ClN4O. The predicted molar refractivity (Wildman–Crippen MR) is 86.0 cm³/mol. The van der Waals surface area contributed by atoms with Crippen molar-refractivity contribution in [2.75, 3.05) is 19.6 Å². The molecule has 0 radical (unpaired) electrons. The van der Waals surface area contributed by atoms with Crippen LogP contribution in [0.25, 0.3) is 0 Å². The number of amides is 1. The number of hydrogen-bond acceptors (Lipinski definition) is 4. The smallest absolute Gasteiger partial charge is 0.254 e. The van der Waals surface area contributed by atoms with Gasteiger partial charge in [-0.15, -0.1) is 12.4 Å². The van der Waals surface area contributed by atoms with Crippen LogP contribution in [0.15, 0.2) is 6.20 Å². The molecule has 2 heterocycles. The Balaban J connectivity index is 0.00000220. The lowest BCUT2D eigenvalue weighted by molar-refractivity contribution is 0.0949. The van der Waals surface area contributed by atoms with Gasteiger partial charge in [0, 0.05) is 12.7 Å². The average molecular weight is 313 g/mol. The fraction of sp³-hybridized carbons (Fsp3) is 0.667. The fourth-order valence-electron chi connectivity index (χ4n) is 2.55. The fourth-order valence-corrected chi connectivity index (χ4v) is 2.55. The van der Waals surface area contributed by atoms with Crippen LogP contribution in [0.5, 0.6) is 0 Å². The van der Waals surface area contributed by atoms with E-state index in [2.05, 4.69) is 20.6 Å². The van der Waals surface area contributed by atoms with E-state index in [1.807, 2.05) is 20.8 Å². The van der Waals surface area contributed by atoms with Gasteiger partial charge in [-0.05, 0) is 44.7 Å². The molecule has 2 N–H and O–H groups in total. The summed E-state index contributed by atoms with van der Waals surface area (Å²) in [6.07, 6.45) is 3.88. The normalized spacial score (nSPS) is 17.6. The SMILES string of the molecule is Cc1ncc(C(=O)NCCC2CCNC2)c(C(C)C)n1.Cl. The first-order chi connectivity index (χ1) is 9.58. The Bertz CT molecular complexity index is 473. The molecule has 1 unspecified atom stereocenters. The maximum absolute atomic E-state index is 12.2. The molecule has 1 aromatic heterocycles. The molecule has 2 rings (SSSR count). The zero-order valence-corrected chi connectivity index (χ0v) is 13.8. The van der Waals surface area contributed by atoms with Crippen LogP contribution in [-0.4, -0.2) is 35.5 Å². The number of rotatable bonds is 5. The molecule has 1 atom stereocenters. The van der Waals surface area contributed by atoms with E-state index in [0.717, 1.165) is 31.7 Å². The Labute approximate surface area is 132 Å². The highest BCUT2D eigenvalue weighted by Gasteiger charge is 2.18.